The largest absolute Gasteiger partial charge is 0.466 e. The molecule has 0 atom stereocenters. The summed E-state index contributed by atoms with van der Waals surface area (Å²) in [7, 11) is 0. The van der Waals surface area contributed by atoms with E-state index in [9.17, 15) is 18.8 Å². The summed E-state index contributed by atoms with van der Waals surface area (Å²) in [6.07, 6.45) is -0.0667. The molecule has 106 valence electrons. The average Bonchev–Trinajstić information content (AvgIpc) is 2.40. The van der Waals surface area contributed by atoms with Gasteiger partial charge >= 0.3 is 17.1 Å². The van der Waals surface area contributed by atoms with Gasteiger partial charge in [0.25, 0.3) is 0 Å². The lowest BCUT2D eigenvalue weighted by atomic mass is 10.2. The third-order valence-electron chi connectivity index (χ3n) is 2.78. The predicted octanol–water partition coefficient (Wildman–Crippen LogP) is 0.782. The van der Waals surface area contributed by atoms with E-state index in [4.69, 9.17) is 4.74 Å². The number of esters is 1. The smallest absolute Gasteiger partial charge is 0.316 e. The Morgan fingerprint density at radius 2 is 2.15 bits per heavy atom. The van der Waals surface area contributed by atoms with Crippen LogP contribution in [0.2, 0.25) is 0 Å². The molecule has 0 fully saturated rings. The van der Waals surface area contributed by atoms with Crippen molar-refractivity contribution < 1.29 is 13.9 Å². The maximum absolute atomic E-state index is 13.3. The number of hydrogen-bond donors (Lipinski definition) is 1. The second kappa shape index (κ2) is 5.68. The highest BCUT2D eigenvalue weighted by Gasteiger charge is 2.10. The summed E-state index contributed by atoms with van der Waals surface area (Å²) in [5.74, 6) is -1.02. The number of nitrogens with one attached hydrogen (secondary N) is 1. The van der Waals surface area contributed by atoms with Gasteiger partial charge in [0, 0.05) is 6.54 Å². The number of rotatable bonds is 4. The Morgan fingerprint density at radius 1 is 1.40 bits per heavy atom. The van der Waals surface area contributed by atoms with Crippen LogP contribution in [0.15, 0.2) is 27.8 Å². The summed E-state index contributed by atoms with van der Waals surface area (Å²) in [5.41, 5.74) is -1.07. The van der Waals surface area contributed by atoms with Gasteiger partial charge < -0.3 is 14.3 Å². The first-order chi connectivity index (χ1) is 9.52. The quantitative estimate of drug-likeness (QED) is 0.663. The molecule has 0 aliphatic rings. The van der Waals surface area contributed by atoms with E-state index in [0.29, 0.717) is 5.52 Å². The molecule has 0 aliphatic carbocycles. The molecular formula is C13H13FN2O4. The molecular weight excluding hydrogens is 267 g/mol. The number of hydrogen-bond acceptors (Lipinski definition) is 4. The molecule has 0 radical (unpaired) electrons. The van der Waals surface area contributed by atoms with E-state index in [1.807, 2.05) is 0 Å². The Bertz CT molecular complexity index is 763. The molecule has 6 nitrogen and oxygen atoms in total. The molecule has 0 saturated carbocycles. The number of carbonyl (C=O) groups is 1. The second-order valence-corrected chi connectivity index (χ2v) is 4.13. The van der Waals surface area contributed by atoms with Crippen LogP contribution in [0.3, 0.4) is 0 Å². The number of ether oxygens (including phenoxy) is 1. The first kappa shape index (κ1) is 14.0. The van der Waals surface area contributed by atoms with Gasteiger partial charge in [-0.2, -0.15) is 0 Å². The number of benzene rings is 1. The fourth-order valence-corrected chi connectivity index (χ4v) is 1.90. The van der Waals surface area contributed by atoms with Crippen LogP contribution < -0.4 is 11.1 Å². The summed E-state index contributed by atoms with van der Waals surface area (Å²) < 4.78 is 19.1. The van der Waals surface area contributed by atoms with Crippen molar-refractivity contribution in [3.05, 3.63) is 44.7 Å². The van der Waals surface area contributed by atoms with Crippen molar-refractivity contribution in [3.8, 4) is 0 Å². The molecule has 2 aromatic rings. The van der Waals surface area contributed by atoms with Crippen LogP contribution in [0, 0.1) is 5.82 Å². The van der Waals surface area contributed by atoms with Gasteiger partial charge in [0.05, 0.1) is 24.1 Å². The number of aryl methyl sites for hydroxylation is 1. The molecule has 0 spiro atoms. The third kappa shape index (κ3) is 2.76. The summed E-state index contributed by atoms with van der Waals surface area (Å²) in [6, 6.07) is 3.68. The molecule has 0 bridgehead atoms. The van der Waals surface area contributed by atoms with Crippen molar-refractivity contribution in [2.45, 2.75) is 19.9 Å². The molecule has 0 aliphatic heterocycles. The Labute approximate surface area is 112 Å². The van der Waals surface area contributed by atoms with Gasteiger partial charge in [-0.3, -0.25) is 14.4 Å². The minimum Gasteiger partial charge on any atom is -0.466 e. The van der Waals surface area contributed by atoms with Gasteiger partial charge in [0.1, 0.15) is 5.82 Å². The van der Waals surface area contributed by atoms with Crippen LogP contribution in [0.1, 0.15) is 13.3 Å². The zero-order valence-electron chi connectivity index (χ0n) is 10.8. The highest BCUT2D eigenvalue weighted by molar-refractivity contribution is 5.75. The van der Waals surface area contributed by atoms with Crippen molar-refractivity contribution in [1.82, 2.24) is 9.55 Å². The predicted molar refractivity (Wildman–Crippen MR) is 70.0 cm³/mol. The zero-order chi connectivity index (χ0) is 14.7. The fraction of sp³-hybridized carbons (Fsp3) is 0.308. The van der Waals surface area contributed by atoms with Crippen LogP contribution in [0.25, 0.3) is 11.0 Å². The third-order valence-corrected chi connectivity index (χ3v) is 2.78. The number of halogens is 1. The van der Waals surface area contributed by atoms with Gasteiger partial charge in [0.2, 0.25) is 0 Å². The van der Waals surface area contributed by atoms with E-state index in [-0.39, 0.29) is 25.1 Å². The first-order valence-corrected chi connectivity index (χ1v) is 6.11. The molecule has 1 heterocycles. The Kier molecular flexibility index (Phi) is 3.97. The van der Waals surface area contributed by atoms with Gasteiger partial charge in [-0.15, -0.1) is 0 Å². The minimum absolute atomic E-state index is 0.0401. The number of aromatic nitrogens is 2. The maximum atomic E-state index is 13.3. The topological polar surface area (TPSA) is 81.2 Å². The minimum atomic E-state index is -0.826. The lowest BCUT2D eigenvalue weighted by molar-refractivity contribution is -0.143. The molecule has 20 heavy (non-hydrogen) atoms. The standard InChI is InChI=1S/C13H13FN2O4/c1-2-20-11(17)5-6-16-10-7-8(14)3-4-9(10)15-12(18)13(16)19/h3-4,7H,2,5-6H2,1H3,(H,15,18). The van der Waals surface area contributed by atoms with E-state index < -0.39 is 22.9 Å². The van der Waals surface area contributed by atoms with E-state index in [1.54, 1.807) is 6.92 Å². The van der Waals surface area contributed by atoms with Crippen molar-refractivity contribution in [2.24, 2.45) is 0 Å². The second-order valence-electron chi connectivity index (χ2n) is 4.13. The van der Waals surface area contributed by atoms with Crippen molar-refractivity contribution >= 4 is 17.0 Å². The van der Waals surface area contributed by atoms with E-state index in [1.165, 1.54) is 12.1 Å². The molecule has 0 saturated heterocycles. The number of fused-ring (bicyclic) bond motifs is 1. The molecule has 0 unspecified atom stereocenters. The molecule has 1 aromatic heterocycles. The number of H-pyrrole nitrogens is 1. The monoisotopic (exact) mass is 280 g/mol. The maximum Gasteiger partial charge on any atom is 0.316 e. The number of aromatic amines is 1. The van der Waals surface area contributed by atoms with E-state index in [2.05, 4.69) is 4.98 Å². The lowest BCUT2D eigenvalue weighted by Crippen LogP contribution is -2.36. The van der Waals surface area contributed by atoms with Gasteiger partial charge in [-0.1, -0.05) is 0 Å². The Hall–Kier alpha value is -2.44. The van der Waals surface area contributed by atoms with Crippen LogP contribution >= 0.6 is 0 Å². The van der Waals surface area contributed by atoms with Crippen LogP contribution in [0.5, 0.6) is 0 Å². The summed E-state index contributed by atoms with van der Waals surface area (Å²) in [5, 5.41) is 0. The Morgan fingerprint density at radius 3 is 2.85 bits per heavy atom. The summed E-state index contributed by atoms with van der Waals surface area (Å²) in [6.45, 7) is 1.86. The van der Waals surface area contributed by atoms with Crippen molar-refractivity contribution in [2.75, 3.05) is 6.61 Å². The summed E-state index contributed by atoms with van der Waals surface area (Å²) >= 11 is 0. The van der Waals surface area contributed by atoms with Crippen molar-refractivity contribution in [1.29, 1.82) is 0 Å². The number of nitrogens with zero attached hydrogens (tertiary/aromatic N) is 1. The van der Waals surface area contributed by atoms with Crippen molar-refractivity contribution in [3.63, 3.8) is 0 Å². The first-order valence-electron chi connectivity index (χ1n) is 6.11. The van der Waals surface area contributed by atoms with Gasteiger partial charge in [0.15, 0.2) is 0 Å². The molecule has 1 N–H and O–H groups in total. The molecule has 0 amide bonds. The zero-order valence-corrected chi connectivity index (χ0v) is 10.8. The summed E-state index contributed by atoms with van der Waals surface area (Å²) in [4.78, 5) is 37.0. The lowest BCUT2D eigenvalue weighted by Gasteiger charge is -2.09. The normalized spacial score (nSPS) is 10.7. The molecule has 2 rings (SSSR count). The van der Waals surface area contributed by atoms with Crippen LogP contribution in [-0.4, -0.2) is 22.1 Å². The highest BCUT2D eigenvalue weighted by atomic mass is 19.1. The Balaban J connectivity index is 2.47. The average molecular weight is 280 g/mol. The van der Waals surface area contributed by atoms with E-state index in [0.717, 1.165) is 10.6 Å². The fourth-order valence-electron chi connectivity index (χ4n) is 1.90. The van der Waals surface area contributed by atoms with E-state index >= 15 is 0 Å². The highest BCUT2D eigenvalue weighted by Crippen LogP contribution is 2.10. The van der Waals surface area contributed by atoms with Gasteiger partial charge in [-0.05, 0) is 25.1 Å². The van der Waals surface area contributed by atoms with Crippen LogP contribution in [-0.2, 0) is 16.1 Å². The molecule has 1 aromatic carbocycles. The van der Waals surface area contributed by atoms with Gasteiger partial charge in [-0.25, -0.2) is 4.39 Å². The number of carbonyl (C=O) groups excluding carboxylic acids is 1. The molecule has 7 heteroatoms. The van der Waals surface area contributed by atoms with Crippen LogP contribution in [0.4, 0.5) is 4.39 Å². The SMILES string of the molecule is CCOC(=O)CCn1c(=O)c(=O)[nH]c2ccc(F)cc21.